The van der Waals surface area contributed by atoms with Crippen LogP contribution >= 0.6 is 24.6 Å². The Labute approximate surface area is 170 Å². The number of thiol groups is 1. The second-order valence-electron chi connectivity index (χ2n) is 6.03. The number of nitrogens with zero attached hydrogens (tertiary/aromatic N) is 4. The number of hydrogen-bond donors (Lipinski definition) is 2. The smallest absolute Gasteiger partial charge is 0.234 e. The maximum Gasteiger partial charge on any atom is 0.234 e. The zero-order valence-electron chi connectivity index (χ0n) is 14.8. The highest BCUT2D eigenvalue weighted by molar-refractivity contribution is 8.00. The summed E-state index contributed by atoms with van der Waals surface area (Å²) >= 11 is 5.29. The van der Waals surface area contributed by atoms with E-state index in [1.807, 2.05) is 6.07 Å². The molecule has 1 aliphatic rings. The number of nitriles is 1. The van der Waals surface area contributed by atoms with E-state index in [-0.39, 0.29) is 11.7 Å². The van der Waals surface area contributed by atoms with Crippen molar-refractivity contribution in [1.82, 2.24) is 14.2 Å². The number of carbonyl (C=O) groups is 1. The lowest BCUT2D eigenvalue weighted by molar-refractivity contribution is -0.113. The van der Waals surface area contributed by atoms with Crippen LogP contribution in [0.5, 0.6) is 11.5 Å². The van der Waals surface area contributed by atoms with E-state index in [4.69, 9.17) is 9.47 Å². The first-order valence-corrected chi connectivity index (χ1v) is 9.75. The molecule has 0 radical (unpaired) electrons. The fourth-order valence-electron chi connectivity index (χ4n) is 2.77. The zero-order valence-corrected chi connectivity index (χ0v) is 16.5. The largest absolute Gasteiger partial charge is 0.486 e. The zero-order chi connectivity index (χ0) is 19.7. The normalized spacial score (nSPS) is 12.6. The van der Waals surface area contributed by atoms with Crippen molar-refractivity contribution in [2.24, 2.45) is 0 Å². The molecule has 28 heavy (non-hydrogen) atoms. The minimum Gasteiger partial charge on any atom is -0.486 e. The molecule has 8 nitrogen and oxygen atoms in total. The van der Waals surface area contributed by atoms with Crippen LogP contribution in [0.15, 0.2) is 29.4 Å². The van der Waals surface area contributed by atoms with Crippen molar-refractivity contribution in [1.29, 1.82) is 5.26 Å². The van der Waals surface area contributed by atoms with Crippen molar-refractivity contribution in [3.05, 3.63) is 35.7 Å². The topological polar surface area (TPSA) is 102 Å². The first-order valence-electron chi connectivity index (χ1n) is 8.36. The monoisotopic (exact) mass is 413 g/mol. The highest BCUT2D eigenvalue weighted by Gasteiger charge is 2.16. The molecule has 1 aliphatic heterocycles. The van der Waals surface area contributed by atoms with Gasteiger partial charge in [-0.3, -0.25) is 4.79 Å². The van der Waals surface area contributed by atoms with Crippen LogP contribution in [0.2, 0.25) is 0 Å². The van der Waals surface area contributed by atoms with E-state index in [1.165, 1.54) is 15.8 Å². The van der Waals surface area contributed by atoms with E-state index in [0.29, 0.717) is 52.2 Å². The van der Waals surface area contributed by atoms with Gasteiger partial charge in [0.2, 0.25) is 5.91 Å². The molecule has 3 aromatic rings. The van der Waals surface area contributed by atoms with Crippen molar-refractivity contribution in [3.63, 3.8) is 0 Å². The third-order valence-corrected chi connectivity index (χ3v) is 5.26. The van der Waals surface area contributed by atoms with Crippen molar-refractivity contribution in [2.45, 2.75) is 11.9 Å². The minimum absolute atomic E-state index is 0.106. The van der Waals surface area contributed by atoms with Crippen LogP contribution in [0.1, 0.15) is 11.3 Å². The standard InChI is InChI=1S/C18H15N5O3S2/c1-10-14(8-23(27)22-10)20-17(24)9-28-18-12(7-19)4-11-5-15-16(6-13(11)21-18)26-3-2-25-15/h4-6,8,27H,2-3,9H2,1H3,(H,20,24). The average molecular weight is 413 g/mol. The summed E-state index contributed by atoms with van der Waals surface area (Å²) in [6, 6.07) is 7.50. The molecule has 0 saturated heterocycles. The van der Waals surface area contributed by atoms with Gasteiger partial charge in [0.15, 0.2) is 11.5 Å². The first kappa shape index (κ1) is 18.5. The van der Waals surface area contributed by atoms with Crippen LogP contribution < -0.4 is 14.8 Å². The fraction of sp³-hybridized carbons (Fsp3) is 0.222. The maximum absolute atomic E-state index is 12.3. The number of fused-ring (bicyclic) bond motifs is 2. The number of anilines is 1. The summed E-state index contributed by atoms with van der Waals surface area (Å²) in [5, 5.41) is 17.6. The molecule has 0 saturated carbocycles. The Morgan fingerprint density at radius 1 is 1.36 bits per heavy atom. The molecule has 4 rings (SSSR count). The molecule has 0 spiro atoms. The number of carbonyl (C=O) groups excluding carboxylic acids is 1. The Morgan fingerprint density at radius 2 is 2.11 bits per heavy atom. The summed E-state index contributed by atoms with van der Waals surface area (Å²) in [5.41, 5.74) is 2.35. The molecule has 2 aromatic heterocycles. The Hall–Kier alpha value is -2.90. The molecule has 1 N–H and O–H groups in total. The molecule has 0 atom stereocenters. The highest BCUT2D eigenvalue weighted by atomic mass is 32.2. The summed E-state index contributed by atoms with van der Waals surface area (Å²) in [6.45, 7) is 2.76. The summed E-state index contributed by atoms with van der Waals surface area (Å²) in [5.74, 6) is 1.16. The van der Waals surface area contributed by atoms with Crippen LogP contribution in [0.25, 0.3) is 10.9 Å². The number of aryl methyl sites for hydroxylation is 1. The van der Waals surface area contributed by atoms with Gasteiger partial charge in [-0.25, -0.2) is 9.07 Å². The number of ether oxygens (including phenoxy) is 2. The molecule has 1 aromatic carbocycles. The first-order chi connectivity index (χ1) is 13.5. The molecule has 10 heteroatoms. The molecule has 3 heterocycles. The summed E-state index contributed by atoms with van der Waals surface area (Å²) in [4.78, 5) is 16.8. The summed E-state index contributed by atoms with van der Waals surface area (Å²) < 4.78 is 12.5. The van der Waals surface area contributed by atoms with Gasteiger partial charge in [0.1, 0.15) is 24.3 Å². The van der Waals surface area contributed by atoms with Crippen molar-refractivity contribution >= 4 is 47.1 Å². The molecular formula is C18H15N5O3S2. The van der Waals surface area contributed by atoms with E-state index < -0.39 is 0 Å². The Balaban J connectivity index is 1.55. The lowest BCUT2D eigenvalue weighted by Crippen LogP contribution is -2.15. The number of pyridine rings is 1. The van der Waals surface area contributed by atoms with Gasteiger partial charge in [-0.1, -0.05) is 11.8 Å². The maximum atomic E-state index is 12.3. The SMILES string of the molecule is Cc1nn(S)cc1NC(=O)CSc1nc2cc3c(cc2cc1C#N)OCCO3. The van der Waals surface area contributed by atoms with Crippen LogP contribution in [-0.4, -0.2) is 39.0 Å². The van der Waals surface area contributed by atoms with Gasteiger partial charge < -0.3 is 14.8 Å². The van der Waals surface area contributed by atoms with Crippen LogP contribution in [0.3, 0.4) is 0 Å². The number of amides is 1. The molecule has 1 amide bonds. The molecule has 0 fully saturated rings. The van der Waals surface area contributed by atoms with Gasteiger partial charge in [-0.2, -0.15) is 10.4 Å². The quantitative estimate of drug-likeness (QED) is 0.501. The lowest BCUT2D eigenvalue weighted by atomic mass is 10.1. The van der Waals surface area contributed by atoms with E-state index >= 15 is 0 Å². The van der Waals surface area contributed by atoms with Gasteiger partial charge in [0.25, 0.3) is 0 Å². The number of aromatic nitrogens is 3. The minimum atomic E-state index is -0.220. The van der Waals surface area contributed by atoms with Crippen LogP contribution in [0.4, 0.5) is 5.69 Å². The van der Waals surface area contributed by atoms with E-state index in [1.54, 1.807) is 25.3 Å². The van der Waals surface area contributed by atoms with Crippen molar-refractivity contribution in [3.8, 4) is 17.6 Å². The van der Waals surface area contributed by atoms with E-state index in [2.05, 4.69) is 34.3 Å². The van der Waals surface area contributed by atoms with Crippen molar-refractivity contribution < 1.29 is 14.3 Å². The predicted octanol–water partition coefficient (Wildman–Crippen LogP) is 2.81. The third-order valence-electron chi connectivity index (χ3n) is 4.07. The molecule has 0 unspecified atom stereocenters. The van der Waals surface area contributed by atoms with Gasteiger partial charge in [0, 0.05) is 11.5 Å². The second-order valence-corrected chi connectivity index (χ2v) is 7.40. The number of rotatable bonds is 4. The summed E-state index contributed by atoms with van der Waals surface area (Å²) in [7, 11) is 0. The Kier molecular flexibility index (Phi) is 5.02. The predicted molar refractivity (Wildman–Crippen MR) is 108 cm³/mol. The number of benzene rings is 1. The lowest BCUT2D eigenvalue weighted by Gasteiger charge is -2.18. The van der Waals surface area contributed by atoms with Gasteiger partial charge in [-0.15, -0.1) is 0 Å². The van der Waals surface area contributed by atoms with Crippen LogP contribution in [0, 0.1) is 18.3 Å². The molecule has 142 valence electrons. The Morgan fingerprint density at radius 3 is 2.79 bits per heavy atom. The summed E-state index contributed by atoms with van der Waals surface area (Å²) in [6.07, 6.45) is 1.61. The molecule has 0 bridgehead atoms. The van der Waals surface area contributed by atoms with Crippen LogP contribution in [-0.2, 0) is 4.79 Å². The number of hydrogen-bond acceptors (Lipinski definition) is 8. The number of nitrogens with one attached hydrogen (secondary N) is 1. The Bertz CT molecular complexity index is 1120. The highest BCUT2D eigenvalue weighted by Crippen LogP contribution is 2.35. The second kappa shape index (κ2) is 7.61. The van der Waals surface area contributed by atoms with Gasteiger partial charge in [-0.05, 0) is 31.9 Å². The van der Waals surface area contributed by atoms with Gasteiger partial charge in [0.05, 0.1) is 34.4 Å². The van der Waals surface area contributed by atoms with Gasteiger partial charge >= 0.3 is 0 Å². The molecular weight excluding hydrogens is 398 g/mol. The number of thioether (sulfide) groups is 1. The third kappa shape index (κ3) is 3.72. The fourth-order valence-corrected chi connectivity index (χ4v) is 3.78. The molecule has 0 aliphatic carbocycles. The van der Waals surface area contributed by atoms with E-state index in [0.717, 1.165) is 5.39 Å². The average Bonchev–Trinajstić information content (AvgIpc) is 3.00. The van der Waals surface area contributed by atoms with Crippen molar-refractivity contribution in [2.75, 3.05) is 24.3 Å². The van der Waals surface area contributed by atoms with E-state index in [9.17, 15) is 10.1 Å².